The van der Waals surface area contributed by atoms with Crippen molar-refractivity contribution in [3.8, 4) is 5.75 Å². The van der Waals surface area contributed by atoms with Gasteiger partial charge in [0.2, 0.25) is 0 Å². The minimum atomic E-state index is -1.66. The Balaban J connectivity index is 1.87. The fraction of sp³-hybridized carbons (Fsp3) is 0.176. The topological polar surface area (TPSA) is 67.4 Å². The molecule has 1 aliphatic heterocycles. The number of anilines is 2. The van der Waals surface area contributed by atoms with E-state index in [0.717, 1.165) is 5.56 Å². The maximum absolute atomic E-state index is 12.6. The van der Waals surface area contributed by atoms with Crippen LogP contribution in [0.3, 0.4) is 0 Å². The Morgan fingerprint density at radius 1 is 1.26 bits per heavy atom. The van der Waals surface area contributed by atoms with E-state index < -0.39 is 17.4 Å². The van der Waals surface area contributed by atoms with Crippen molar-refractivity contribution in [2.24, 2.45) is 0 Å². The first-order valence-corrected chi connectivity index (χ1v) is 7.44. The number of benzene rings is 2. The third-order valence-corrected chi connectivity index (χ3v) is 3.88. The monoisotopic (exact) mass is 330 g/mol. The molecule has 0 aromatic heterocycles. The summed E-state index contributed by atoms with van der Waals surface area (Å²) in [4.78, 5) is 24.9. The van der Waals surface area contributed by atoms with Gasteiger partial charge in [0.15, 0.2) is 0 Å². The van der Waals surface area contributed by atoms with E-state index in [1.54, 1.807) is 24.3 Å². The van der Waals surface area contributed by atoms with E-state index >= 15 is 0 Å². The van der Waals surface area contributed by atoms with Crippen LogP contribution >= 0.6 is 11.6 Å². The summed E-state index contributed by atoms with van der Waals surface area (Å²) in [5.74, 6) is -0.686. The minimum Gasteiger partial charge on any atom is -0.466 e. The molecule has 0 saturated carbocycles. The second kappa shape index (κ2) is 5.59. The van der Waals surface area contributed by atoms with Gasteiger partial charge in [-0.15, -0.1) is 0 Å². The molecule has 1 atom stereocenters. The van der Waals surface area contributed by atoms with E-state index in [-0.39, 0.29) is 0 Å². The van der Waals surface area contributed by atoms with Crippen LogP contribution in [-0.4, -0.2) is 17.4 Å². The number of fused-ring (bicyclic) bond motifs is 1. The van der Waals surface area contributed by atoms with Crippen LogP contribution in [-0.2, 0) is 9.59 Å². The molecule has 0 aliphatic carbocycles. The number of hydrogen-bond donors (Lipinski definition) is 2. The highest BCUT2D eigenvalue weighted by molar-refractivity contribution is 6.31. The Bertz CT molecular complexity index is 806. The largest absolute Gasteiger partial charge is 0.466 e. The molecule has 0 spiro atoms. The summed E-state index contributed by atoms with van der Waals surface area (Å²) in [6, 6.07) is 12.1. The molecular formula is C17H15ClN2O3. The van der Waals surface area contributed by atoms with Crippen molar-refractivity contribution in [1.82, 2.24) is 0 Å². The van der Waals surface area contributed by atoms with E-state index in [1.807, 2.05) is 25.1 Å². The maximum atomic E-state index is 12.6. The van der Waals surface area contributed by atoms with E-state index in [2.05, 4.69) is 10.6 Å². The van der Waals surface area contributed by atoms with E-state index in [1.165, 1.54) is 6.92 Å². The second-order valence-electron chi connectivity index (χ2n) is 5.55. The molecule has 2 amide bonds. The first-order valence-electron chi connectivity index (χ1n) is 7.06. The molecule has 118 valence electrons. The van der Waals surface area contributed by atoms with Gasteiger partial charge in [-0.05, 0) is 49.7 Å². The molecule has 1 aliphatic rings. The number of carbonyl (C=O) groups is 2. The van der Waals surface area contributed by atoms with Gasteiger partial charge in [-0.25, -0.2) is 0 Å². The molecule has 1 heterocycles. The van der Waals surface area contributed by atoms with Crippen molar-refractivity contribution in [1.29, 1.82) is 0 Å². The highest BCUT2D eigenvalue weighted by atomic mass is 35.5. The number of carbonyl (C=O) groups excluding carboxylic acids is 2. The first-order chi connectivity index (χ1) is 10.9. The predicted molar refractivity (Wildman–Crippen MR) is 88.9 cm³/mol. The Kier molecular flexibility index (Phi) is 3.74. The quantitative estimate of drug-likeness (QED) is 0.829. The normalized spacial score (nSPS) is 19.3. The van der Waals surface area contributed by atoms with Crippen molar-refractivity contribution < 1.29 is 14.3 Å². The number of aryl methyl sites for hydroxylation is 1. The molecule has 0 radical (unpaired) electrons. The number of amides is 2. The molecule has 1 unspecified atom stereocenters. The Labute approximate surface area is 138 Å². The van der Waals surface area contributed by atoms with Crippen LogP contribution in [0.5, 0.6) is 5.75 Å². The van der Waals surface area contributed by atoms with Gasteiger partial charge in [-0.3, -0.25) is 9.59 Å². The van der Waals surface area contributed by atoms with Gasteiger partial charge in [0.25, 0.3) is 17.4 Å². The Morgan fingerprint density at radius 3 is 2.78 bits per heavy atom. The highest BCUT2D eigenvalue weighted by Crippen LogP contribution is 2.36. The molecule has 6 heteroatoms. The van der Waals surface area contributed by atoms with Gasteiger partial charge < -0.3 is 15.4 Å². The summed E-state index contributed by atoms with van der Waals surface area (Å²) in [7, 11) is 0. The van der Waals surface area contributed by atoms with Crippen LogP contribution in [0.2, 0.25) is 5.02 Å². The van der Waals surface area contributed by atoms with Crippen molar-refractivity contribution in [3.05, 3.63) is 53.1 Å². The van der Waals surface area contributed by atoms with E-state index in [9.17, 15) is 9.59 Å². The van der Waals surface area contributed by atoms with E-state index in [4.69, 9.17) is 16.3 Å². The van der Waals surface area contributed by atoms with Crippen molar-refractivity contribution >= 4 is 34.8 Å². The van der Waals surface area contributed by atoms with Crippen LogP contribution in [0.1, 0.15) is 12.5 Å². The molecule has 5 nitrogen and oxygen atoms in total. The average Bonchev–Trinajstić information content (AvgIpc) is 2.49. The predicted octanol–water partition coefficient (Wildman–Crippen LogP) is 3.38. The lowest BCUT2D eigenvalue weighted by Crippen LogP contribution is -2.56. The zero-order valence-corrected chi connectivity index (χ0v) is 13.4. The standard InChI is InChI=1S/C17H15ClN2O3/c1-10-4-3-5-12(8-10)19-15(21)17(2)16(22)20-13-9-11(18)6-7-14(13)23-17/h3-9H,1-2H3,(H,19,21)(H,20,22). The number of rotatable bonds is 2. The zero-order chi connectivity index (χ0) is 16.6. The summed E-state index contributed by atoms with van der Waals surface area (Å²) in [5, 5.41) is 5.85. The molecule has 2 aromatic carbocycles. The fourth-order valence-electron chi connectivity index (χ4n) is 2.32. The summed E-state index contributed by atoms with van der Waals surface area (Å²) in [6.45, 7) is 3.35. The molecule has 0 fully saturated rings. The van der Waals surface area contributed by atoms with Gasteiger partial charge in [0.1, 0.15) is 5.75 Å². The third-order valence-electron chi connectivity index (χ3n) is 3.65. The highest BCUT2D eigenvalue weighted by Gasteiger charge is 2.47. The van der Waals surface area contributed by atoms with Crippen molar-refractivity contribution in [2.75, 3.05) is 10.6 Å². The SMILES string of the molecule is Cc1cccc(NC(=O)C2(C)Oc3ccc(Cl)cc3NC2=O)c1. The fourth-order valence-corrected chi connectivity index (χ4v) is 2.49. The number of halogens is 1. The van der Waals surface area contributed by atoms with Gasteiger partial charge >= 0.3 is 0 Å². The van der Waals surface area contributed by atoms with Crippen LogP contribution in [0.15, 0.2) is 42.5 Å². The molecule has 0 saturated heterocycles. The number of nitrogens with one attached hydrogen (secondary N) is 2. The number of hydrogen-bond acceptors (Lipinski definition) is 3. The van der Waals surface area contributed by atoms with Crippen LogP contribution < -0.4 is 15.4 Å². The van der Waals surface area contributed by atoms with Gasteiger partial charge in [0.05, 0.1) is 5.69 Å². The summed E-state index contributed by atoms with van der Waals surface area (Å²) in [6.07, 6.45) is 0. The Morgan fingerprint density at radius 2 is 2.04 bits per heavy atom. The van der Waals surface area contributed by atoms with Crippen LogP contribution in [0.4, 0.5) is 11.4 Å². The van der Waals surface area contributed by atoms with Gasteiger partial charge in [0, 0.05) is 10.7 Å². The average molecular weight is 331 g/mol. The molecule has 3 rings (SSSR count). The minimum absolute atomic E-state index is 0.399. The molecule has 2 N–H and O–H groups in total. The molecular weight excluding hydrogens is 316 g/mol. The van der Waals surface area contributed by atoms with Crippen molar-refractivity contribution in [2.45, 2.75) is 19.4 Å². The number of ether oxygens (including phenoxy) is 1. The van der Waals surface area contributed by atoms with Crippen molar-refractivity contribution in [3.63, 3.8) is 0 Å². The first kappa shape index (κ1) is 15.4. The Hall–Kier alpha value is -2.53. The summed E-state index contributed by atoms with van der Waals surface area (Å²) in [5.41, 5.74) is 0.393. The summed E-state index contributed by atoms with van der Waals surface area (Å²) < 4.78 is 5.67. The second-order valence-corrected chi connectivity index (χ2v) is 5.99. The lowest BCUT2D eigenvalue weighted by molar-refractivity contribution is -0.143. The smallest absolute Gasteiger partial charge is 0.278 e. The van der Waals surface area contributed by atoms with Crippen LogP contribution in [0.25, 0.3) is 0 Å². The lowest BCUT2D eigenvalue weighted by Gasteiger charge is -2.33. The third kappa shape index (κ3) is 2.87. The molecule has 23 heavy (non-hydrogen) atoms. The molecule has 0 bridgehead atoms. The van der Waals surface area contributed by atoms with Gasteiger partial charge in [-0.1, -0.05) is 23.7 Å². The van der Waals surface area contributed by atoms with Gasteiger partial charge in [-0.2, -0.15) is 0 Å². The zero-order valence-electron chi connectivity index (χ0n) is 12.6. The molecule has 2 aromatic rings. The maximum Gasteiger partial charge on any atom is 0.278 e. The lowest BCUT2D eigenvalue weighted by atomic mass is 10.0. The van der Waals surface area contributed by atoms with Crippen LogP contribution in [0, 0.1) is 6.92 Å². The van der Waals surface area contributed by atoms with E-state index in [0.29, 0.717) is 22.1 Å². The summed E-state index contributed by atoms with van der Waals surface area (Å²) >= 11 is 5.89.